The monoisotopic (exact) mass is 240 g/mol. The minimum absolute atomic E-state index is 0.450. The molecule has 0 saturated carbocycles. The number of hydrogen-bond donors (Lipinski definition) is 2. The summed E-state index contributed by atoms with van der Waals surface area (Å²) in [6.07, 6.45) is 1.26. The van der Waals surface area contributed by atoms with E-state index in [0.29, 0.717) is 12.0 Å². The zero-order valence-corrected chi connectivity index (χ0v) is 10.8. The third-order valence-electron chi connectivity index (χ3n) is 4.04. The maximum absolute atomic E-state index is 3.51. The second kappa shape index (κ2) is 5.09. The van der Waals surface area contributed by atoms with Gasteiger partial charge in [-0.1, -0.05) is 42.5 Å². The largest absolute Gasteiger partial charge is 0.316 e. The molecule has 0 aromatic heterocycles. The summed E-state index contributed by atoms with van der Waals surface area (Å²) >= 11 is 0. The van der Waals surface area contributed by atoms with Gasteiger partial charge >= 0.3 is 0 Å². The first-order valence-corrected chi connectivity index (χ1v) is 6.76. The third kappa shape index (κ3) is 2.02. The molecule has 1 fully saturated rings. The van der Waals surface area contributed by atoms with E-state index in [4.69, 9.17) is 0 Å². The summed E-state index contributed by atoms with van der Waals surface area (Å²) in [6.45, 7) is 2.27. The molecule has 1 aliphatic heterocycles. The topological polar surface area (TPSA) is 24.1 Å². The van der Waals surface area contributed by atoms with E-state index in [1.807, 2.05) is 0 Å². The van der Waals surface area contributed by atoms with Crippen molar-refractivity contribution in [1.29, 1.82) is 0 Å². The van der Waals surface area contributed by atoms with Gasteiger partial charge in [-0.25, -0.2) is 0 Å². The minimum Gasteiger partial charge on any atom is -0.316 e. The van der Waals surface area contributed by atoms with Crippen molar-refractivity contribution in [3.63, 3.8) is 0 Å². The number of hydrogen-bond acceptors (Lipinski definition) is 2. The van der Waals surface area contributed by atoms with Crippen LogP contribution in [0.15, 0.2) is 42.5 Å². The quantitative estimate of drug-likeness (QED) is 0.862. The Hall–Kier alpha value is -1.38. The van der Waals surface area contributed by atoms with E-state index in [2.05, 4.69) is 60.1 Å². The van der Waals surface area contributed by atoms with Gasteiger partial charge in [0.15, 0.2) is 0 Å². The smallest absolute Gasteiger partial charge is 0.0365 e. The lowest BCUT2D eigenvalue weighted by molar-refractivity contribution is 0.413. The zero-order valence-electron chi connectivity index (χ0n) is 10.8. The molecule has 1 heterocycles. The molecule has 1 aliphatic rings. The normalized spacial score (nSPS) is 21.3. The van der Waals surface area contributed by atoms with Crippen LogP contribution in [0.3, 0.4) is 0 Å². The fourth-order valence-electron chi connectivity index (χ4n) is 3.13. The molecular formula is C16H20N2. The van der Waals surface area contributed by atoms with Gasteiger partial charge in [0.05, 0.1) is 0 Å². The zero-order chi connectivity index (χ0) is 12.4. The summed E-state index contributed by atoms with van der Waals surface area (Å²) < 4.78 is 0. The van der Waals surface area contributed by atoms with Crippen molar-refractivity contribution >= 4 is 10.8 Å². The molecule has 2 N–H and O–H groups in total. The fraction of sp³-hybridized carbons (Fsp3) is 0.375. The van der Waals surface area contributed by atoms with Crippen LogP contribution in [0.25, 0.3) is 10.8 Å². The van der Waals surface area contributed by atoms with Gasteiger partial charge in [0.2, 0.25) is 0 Å². The highest BCUT2D eigenvalue weighted by atomic mass is 15.0. The summed E-state index contributed by atoms with van der Waals surface area (Å²) in [5, 5.41) is 9.69. The molecule has 0 bridgehead atoms. The summed E-state index contributed by atoms with van der Waals surface area (Å²) in [6, 6.07) is 15.7. The van der Waals surface area contributed by atoms with Crippen molar-refractivity contribution in [2.45, 2.75) is 12.5 Å². The second-order valence-corrected chi connectivity index (χ2v) is 5.09. The lowest BCUT2D eigenvalue weighted by atomic mass is 9.89. The van der Waals surface area contributed by atoms with Crippen LogP contribution in [0.4, 0.5) is 0 Å². The van der Waals surface area contributed by atoms with Crippen LogP contribution in [-0.4, -0.2) is 20.1 Å². The van der Waals surface area contributed by atoms with Crippen molar-refractivity contribution in [2.75, 3.05) is 20.1 Å². The Bertz CT molecular complexity index is 524. The highest BCUT2D eigenvalue weighted by Crippen LogP contribution is 2.31. The third-order valence-corrected chi connectivity index (χ3v) is 4.04. The molecule has 2 heteroatoms. The first-order valence-electron chi connectivity index (χ1n) is 6.76. The molecule has 2 aromatic rings. The van der Waals surface area contributed by atoms with Crippen molar-refractivity contribution in [2.24, 2.45) is 5.92 Å². The maximum atomic E-state index is 3.51. The number of nitrogens with one attached hydrogen (secondary N) is 2. The van der Waals surface area contributed by atoms with Gasteiger partial charge in [0, 0.05) is 6.04 Å². The molecule has 0 aliphatic carbocycles. The highest BCUT2D eigenvalue weighted by Gasteiger charge is 2.25. The first kappa shape index (κ1) is 11.7. The van der Waals surface area contributed by atoms with Crippen molar-refractivity contribution in [3.05, 3.63) is 48.0 Å². The molecule has 3 rings (SSSR count). The predicted octanol–water partition coefficient (Wildman–Crippen LogP) is 2.71. The van der Waals surface area contributed by atoms with E-state index < -0.39 is 0 Å². The molecule has 94 valence electrons. The van der Waals surface area contributed by atoms with Gasteiger partial charge in [-0.2, -0.15) is 0 Å². The van der Waals surface area contributed by atoms with Crippen LogP contribution in [0.1, 0.15) is 18.0 Å². The maximum Gasteiger partial charge on any atom is 0.0365 e. The first-order chi connectivity index (χ1) is 8.90. The molecule has 2 aromatic carbocycles. The molecule has 2 unspecified atom stereocenters. The lowest BCUT2D eigenvalue weighted by Gasteiger charge is -2.24. The number of benzene rings is 2. The SMILES string of the molecule is CNC(c1cccc2ccccc12)C1CCNC1. The molecule has 0 spiro atoms. The number of fused-ring (bicyclic) bond motifs is 1. The van der Waals surface area contributed by atoms with E-state index in [9.17, 15) is 0 Å². The summed E-state index contributed by atoms with van der Waals surface area (Å²) in [5.41, 5.74) is 1.43. The average Bonchev–Trinajstić information content (AvgIpc) is 2.94. The summed E-state index contributed by atoms with van der Waals surface area (Å²) in [4.78, 5) is 0. The van der Waals surface area contributed by atoms with Crippen LogP contribution in [-0.2, 0) is 0 Å². The van der Waals surface area contributed by atoms with Crippen LogP contribution in [0.5, 0.6) is 0 Å². The molecule has 18 heavy (non-hydrogen) atoms. The number of rotatable bonds is 3. The Morgan fingerprint density at radius 3 is 2.78 bits per heavy atom. The van der Waals surface area contributed by atoms with E-state index in [-0.39, 0.29) is 0 Å². The van der Waals surface area contributed by atoms with E-state index in [1.54, 1.807) is 0 Å². The van der Waals surface area contributed by atoms with Gasteiger partial charge in [-0.3, -0.25) is 0 Å². The molecular weight excluding hydrogens is 220 g/mol. The van der Waals surface area contributed by atoms with Gasteiger partial charge in [0.25, 0.3) is 0 Å². The Morgan fingerprint density at radius 1 is 1.17 bits per heavy atom. The predicted molar refractivity (Wildman–Crippen MR) is 76.7 cm³/mol. The second-order valence-electron chi connectivity index (χ2n) is 5.09. The van der Waals surface area contributed by atoms with Crippen LogP contribution < -0.4 is 10.6 Å². The van der Waals surface area contributed by atoms with Gasteiger partial charge in [-0.05, 0) is 48.8 Å². The van der Waals surface area contributed by atoms with Crippen molar-refractivity contribution in [3.8, 4) is 0 Å². The van der Waals surface area contributed by atoms with Gasteiger partial charge < -0.3 is 10.6 Å². The lowest BCUT2D eigenvalue weighted by Crippen LogP contribution is -2.27. The molecule has 0 amide bonds. The van der Waals surface area contributed by atoms with Crippen molar-refractivity contribution in [1.82, 2.24) is 10.6 Å². The molecule has 0 radical (unpaired) electrons. The fourth-order valence-corrected chi connectivity index (χ4v) is 3.13. The van der Waals surface area contributed by atoms with Crippen LogP contribution in [0, 0.1) is 5.92 Å². The van der Waals surface area contributed by atoms with Crippen molar-refractivity contribution < 1.29 is 0 Å². The minimum atomic E-state index is 0.450. The van der Waals surface area contributed by atoms with E-state index >= 15 is 0 Å². The highest BCUT2D eigenvalue weighted by molar-refractivity contribution is 5.86. The average molecular weight is 240 g/mol. The van der Waals surface area contributed by atoms with Gasteiger partial charge in [-0.15, -0.1) is 0 Å². The van der Waals surface area contributed by atoms with Gasteiger partial charge in [0.1, 0.15) is 0 Å². The molecule has 1 saturated heterocycles. The molecule has 2 nitrogen and oxygen atoms in total. The summed E-state index contributed by atoms with van der Waals surface area (Å²) in [5.74, 6) is 0.695. The summed E-state index contributed by atoms with van der Waals surface area (Å²) in [7, 11) is 2.07. The Balaban J connectivity index is 2.06. The van der Waals surface area contributed by atoms with Crippen LogP contribution in [0.2, 0.25) is 0 Å². The van der Waals surface area contributed by atoms with E-state index in [1.165, 1.54) is 22.8 Å². The standard InChI is InChI=1S/C16H20N2/c1-17-16(13-9-10-18-11-13)15-8-4-6-12-5-2-3-7-14(12)15/h2-8,13,16-18H,9-11H2,1H3. The Morgan fingerprint density at radius 2 is 2.00 bits per heavy atom. The van der Waals surface area contributed by atoms with Crippen LogP contribution >= 0.6 is 0 Å². The Labute approximate surface area is 108 Å². The Kier molecular flexibility index (Phi) is 3.31. The molecule has 2 atom stereocenters. The van der Waals surface area contributed by atoms with E-state index in [0.717, 1.165) is 13.1 Å².